The van der Waals surface area contributed by atoms with Crippen LogP contribution in [0.3, 0.4) is 0 Å². The van der Waals surface area contributed by atoms with Gasteiger partial charge in [-0.25, -0.2) is 4.79 Å². The van der Waals surface area contributed by atoms with Crippen LogP contribution in [0, 0.1) is 5.92 Å². The molecule has 2 aromatic rings. The molecule has 0 radical (unpaired) electrons. The molecule has 5 heteroatoms. The van der Waals surface area contributed by atoms with Gasteiger partial charge < -0.3 is 9.64 Å². The highest BCUT2D eigenvalue weighted by Gasteiger charge is 2.41. The fourth-order valence-corrected chi connectivity index (χ4v) is 4.60. The van der Waals surface area contributed by atoms with Crippen LogP contribution < -0.4 is 0 Å². The number of hydrogen-bond donors (Lipinski definition) is 0. The third-order valence-electron chi connectivity index (χ3n) is 4.65. The van der Waals surface area contributed by atoms with Gasteiger partial charge in [0.1, 0.15) is 6.04 Å². The Morgan fingerprint density at radius 2 is 1.76 bits per heavy atom. The Morgan fingerprint density at radius 3 is 2.41 bits per heavy atom. The van der Waals surface area contributed by atoms with Gasteiger partial charge in [-0.3, -0.25) is 4.79 Å². The number of hydrogen-bond acceptors (Lipinski definition) is 4. The van der Waals surface area contributed by atoms with E-state index in [0.717, 1.165) is 11.1 Å². The number of carbonyl (C=O) groups excluding carboxylic acids is 2. The lowest BCUT2D eigenvalue weighted by molar-refractivity contribution is -0.153. The highest BCUT2D eigenvalue weighted by atomic mass is 32.2. The van der Waals surface area contributed by atoms with Crippen molar-refractivity contribution in [3.63, 3.8) is 0 Å². The Bertz CT molecular complexity index is 836. The summed E-state index contributed by atoms with van der Waals surface area (Å²) >= 11 is 1.64. The molecule has 1 aliphatic heterocycles. The van der Waals surface area contributed by atoms with Crippen molar-refractivity contribution in [3.05, 3.63) is 77.9 Å². The van der Waals surface area contributed by atoms with Crippen molar-refractivity contribution in [2.24, 2.45) is 5.92 Å². The number of thioether (sulfide) groups is 1. The van der Waals surface area contributed by atoms with Crippen LogP contribution in [0.25, 0.3) is 6.08 Å². The maximum atomic E-state index is 13.1. The predicted octanol–water partition coefficient (Wildman–Crippen LogP) is 4.41. The standard InChI is InChI=1S/C24H27NO3S/c1-18(2)16-28-24(27)21-17-29-23(15-20-11-7-4-8-12-20)25(21)22(26)14-13-19-9-5-3-6-10-19/h3-14,18,21,23H,15-17H2,1-2H3/b14-13+. The second-order valence-electron chi connectivity index (χ2n) is 7.51. The maximum Gasteiger partial charge on any atom is 0.329 e. The summed E-state index contributed by atoms with van der Waals surface area (Å²) in [6, 6.07) is 19.2. The second kappa shape index (κ2) is 10.3. The van der Waals surface area contributed by atoms with Gasteiger partial charge in [0.2, 0.25) is 5.91 Å². The topological polar surface area (TPSA) is 46.6 Å². The summed E-state index contributed by atoms with van der Waals surface area (Å²) in [7, 11) is 0. The normalized spacial score (nSPS) is 19.1. The smallest absolute Gasteiger partial charge is 0.329 e. The summed E-state index contributed by atoms with van der Waals surface area (Å²) in [6.07, 6.45) is 4.05. The molecule has 1 saturated heterocycles. The Morgan fingerprint density at radius 1 is 1.10 bits per heavy atom. The van der Waals surface area contributed by atoms with Gasteiger partial charge in [0, 0.05) is 18.2 Å². The van der Waals surface area contributed by atoms with Gasteiger partial charge in [0.05, 0.1) is 12.0 Å². The van der Waals surface area contributed by atoms with E-state index in [-0.39, 0.29) is 23.2 Å². The van der Waals surface area contributed by atoms with Gasteiger partial charge in [-0.1, -0.05) is 74.5 Å². The Kier molecular flexibility index (Phi) is 7.53. The molecule has 1 fully saturated rings. The molecule has 2 unspecified atom stereocenters. The zero-order valence-electron chi connectivity index (χ0n) is 16.9. The van der Waals surface area contributed by atoms with Crippen molar-refractivity contribution in [1.82, 2.24) is 4.90 Å². The van der Waals surface area contributed by atoms with E-state index in [1.807, 2.05) is 74.5 Å². The van der Waals surface area contributed by atoms with Crippen molar-refractivity contribution >= 4 is 29.7 Å². The summed E-state index contributed by atoms with van der Waals surface area (Å²) in [5.41, 5.74) is 2.09. The highest BCUT2D eigenvalue weighted by Crippen LogP contribution is 2.32. The van der Waals surface area contributed by atoms with Gasteiger partial charge in [-0.15, -0.1) is 11.8 Å². The summed E-state index contributed by atoms with van der Waals surface area (Å²) in [5, 5.41) is -0.0954. The molecule has 3 rings (SSSR count). The van der Waals surface area contributed by atoms with E-state index in [2.05, 4.69) is 0 Å². The van der Waals surface area contributed by atoms with Crippen molar-refractivity contribution in [2.45, 2.75) is 31.7 Å². The first-order valence-electron chi connectivity index (χ1n) is 9.92. The van der Waals surface area contributed by atoms with E-state index >= 15 is 0 Å². The molecular weight excluding hydrogens is 382 g/mol. The number of nitrogens with zero attached hydrogens (tertiary/aromatic N) is 1. The first-order valence-corrected chi connectivity index (χ1v) is 11.0. The van der Waals surface area contributed by atoms with Crippen LogP contribution in [0.5, 0.6) is 0 Å². The molecule has 0 saturated carbocycles. The average Bonchev–Trinajstić information content (AvgIpc) is 3.15. The first-order chi connectivity index (χ1) is 14.0. The van der Waals surface area contributed by atoms with Gasteiger partial charge >= 0.3 is 5.97 Å². The molecule has 1 amide bonds. The Balaban J connectivity index is 1.78. The Hall–Kier alpha value is -2.53. The summed E-state index contributed by atoms with van der Waals surface area (Å²) in [4.78, 5) is 27.5. The molecule has 152 valence electrons. The third-order valence-corrected chi connectivity index (χ3v) is 5.94. The molecule has 0 aromatic heterocycles. The van der Waals surface area contributed by atoms with Gasteiger partial charge in [-0.2, -0.15) is 0 Å². The molecule has 0 spiro atoms. The molecule has 1 heterocycles. The predicted molar refractivity (Wildman–Crippen MR) is 118 cm³/mol. The molecule has 2 atom stereocenters. The number of carbonyl (C=O) groups is 2. The van der Waals surface area contributed by atoms with E-state index in [4.69, 9.17) is 4.74 Å². The number of amides is 1. The minimum absolute atomic E-state index is 0.0954. The lowest BCUT2D eigenvalue weighted by atomic mass is 10.1. The monoisotopic (exact) mass is 409 g/mol. The molecule has 0 bridgehead atoms. The minimum Gasteiger partial charge on any atom is -0.464 e. The maximum absolute atomic E-state index is 13.1. The summed E-state index contributed by atoms with van der Waals surface area (Å²) < 4.78 is 5.46. The number of benzene rings is 2. The Labute approximate surface area is 176 Å². The quantitative estimate of drug-likeness (QED) is 0.502. The van der Waals surface area contributed by atoms with Gasteiger partial charge in [0.25, 0.3) is 0 Å². The van der Waals surface area contributed by atoms with E-state index in [9.17, 15) is 9.59 Å². The number of esters is 1. The zero-order chi connectivity index (χ0) is 20.6. The van der Waals surface area contributed by atoms with Crippen molar-refractivity contribution in [2.75, 3.05) is 12.4 Å². The lowest BCUT2D eigenvalue weighted by Gasteiger charge is -2.27. The minimum atomic E-state index is -0.555. The zero-order valence-corrected chi connectivity index (χ0v) is 17.7. The van der Waals surface area contributed by atoms with E-state index < -0.39 is 6.04 Å². The number of rotatable bonds is 7. The highest BCUT2D eigenvalue weighted by molar-refractivity contribution is 8.00. The lowest BCUT2D eigenvalue weighted by Crippen LogP contribution is -2.46. The fourth-order valence-electron chi connectivity index (χ4n) is 3.18. The molecular formula is C24H27NO3S. The molecule has 0 N–H and O–H groups in total. The molecule has 2 aromatic carbocycles. The van der Waals surface area contributed by atoms with Crippen LogP contribution in [-0.4, -0.2) is 40.6 Å². The van der Waals surface area contributed by atoms with E-state index in [1.54, 1.807) is 28.8 Å². The van der Waals surface area contributed by atoms with Crippen LogP contribution in [0.15, 0.2) is 66.7 Å². The van der Waals surface area contributed by atoms with Crippen molar-refractivity contribution in [1.29, 1.82) is 0 Å². The SMILES string of the molecule is CC(C)COC(=O)C1CSC(Cc2ccccc2)N1C(=O)/C=C/c1ccccc1. The first kappa shape index (κ1) is 21.2. The molecule has 1 aliphatic rings. The van der Waals surface area contributed by atoms with Crippen molar-refractivity contribution in [3.8, 4) is 0 Å². The van der Waals surface area contributed by atoms with Crippen LogP contribution in [0.1, 0.15) is 25.0 Å². The van der Waals surface area contributed by atoms with Gasteiger partial charge in [0.15, 0.2) is 0 Å². The average molecular weight is 410 g/mol. The third kappa shape index (κ3) is 5.97. The van der Waals surface area contributed by atoms with Crippen LogP contribution >= 0.6 is 11.8 Å². The van der Waals surface area contributed by atoms with Crippen LogP contribution in [-0.2, 0) is 20.7 Å². The van der Waals surface area contributed by atoms with Crippen LogP contribution in [0.4, 0.5) is 0 Å². The summed E-state index contributed by atoms with van der Waals surface area (Å²) in [5.74, 6) is 0.337. The fraction of sp³-hybridized carbons (Fsp3) is 0.333. The largest absolute Gasteiger partial charge is 0.464 e. The van der Waals surface area contributed by atoms with Gasteiger partial charge in [-0.05, 0) is 23.1 Å². The molecule has 4 nitrogen and oxygen atoms in total. The van der Waals surface area contributed by atoms with E-state index in [1.165, 1.54) is 0 Å². The van der Waals surface area contributed by atoms with E-state index in [0.29, 0.717) is 18.8 Å². The number of ether oxygens (including phenoxy) is 1. The molecule has 29 heavy (non-hydrogen) atoms. The molecule has 0 aliphatic carbocycles. The van der Waals surface area contributed by atoms with Crippen molar-refractivity contribution < 1.29 is 14.3 Å². The van der Waals surface area contributed by atoms with Crippen LogP contribution in [0.2, 0.25) is 0 Å². The second-order valence-corrected chi connectivity index (χ2v) is 8.72. The summed E-state index contributed by atoms with van der Waals surface area (Å²) in [6.45, 7) is 4.37.